The fraction of sp³-hybridized carbons (Fsp3) is 0. The Hall–Kier alpha value is -6.99. The van der Waals surface area contributed by atoms with Crippen LogP contribution in [-0.2, 0) is 0 Å². The van der Waals surface area contributed by atoms with Crippen LogP contribution in [0.5, 0.6) is 0 Å². The van der Waals surface area contributed by atoms with Crippen molar-refractivity contribution in [3.05, 3.63) is 182 Å². The van der Waals surface area contributed by atoms with Gasteiger partial charge in [-0.15, -0.1) is 22.7 Å². The highest BCUT2D eigenvalue weighted by Crippen LogP contribution is 2.45. The molecule has 12 rings (SSSR count). The molecule has 0 unspecified atom stereocenters. The van der Waals surface area contributed by atoms with Crippen molar-refractivity contribution in [1.82, 2.24) is 19.5 Å². The van der Waals surface area contributed by atoms with E-state index in [4.69, 9.17) is 15.0 Å². The molecule has 0 aliphatic heterocycles. The lowest BCUT2D eigenvalue weighted by atomic mass is 9.99. The van der Waals surface area contributed by atoms with E-state index in [2.05, 4.69) is 168 Å². The van der Waals surface area contributed by atoms with Crippen molar-refractivity contribution in [2.24, 2.45) is 0 Å². The van der Waals surface area contributed by atoms with Crippen molar-refractivity contribution >= 4 is 84.8 Å². The average Bonchev–Trinajstić information content (AvgIpc) is 3.96. The van der Waals surface area contributed by atoms with E-state index in [1.54, 1.807) is 11.3 Å². The molecule has 4 heterocycles. The Bertz CT molecular complexity index is 3530. The van der Waals surface area contributed by atoms with Crippen molar-refractivity contribution in [3.63, 3.8) is 0 Å². The van der Waals surface area contributed by atoms with Crippen molar-refractivity contribution in [3.8, 4) is 51.0 Å². The molecule has 0 aliphatic rings. The van der Waals surface area contributed by atoms with Crippen LogP contribution in [0.25, 0.3) is 113 Å². The lowest BCUT2D eigenvalue weighted by Gasteiger charge is -2.10. The third-order valence-corrected chi connectivity index (χ3v) is 13.4. The summed E-state index contributed by atoms with van der Waals surface area (Å²) in [5, 5.41) is 7.39. The molecule has 0 fully saturated rings. The molecular formula is C51H30N4S2. The van der Waals surface area contributed by atoms with Gasteiger partial charge >= 0.3 is 0 Å². The monoisotopic (exact) mass is 762 g/mol. The summed E-state index contributed by atoms with van der Waals surface area (Å²) in [5.74, 6) is 1.99. The summed E-state index contributed by atoms with van der Waals surface area (Å²) in [6, 6.07) is 64.9. The van der Waals surface area contributed by atoms with Gasteiger partial charge in [-0.25, -0.2) is 15.0 Å². The Labute approximate surface area is 335 Å². The van der Waals surface area contributed by atoms with Gasteiger partial charge in [0.15, 0.2) is 17.5 Å². The van der Waals surface area contributed by atoms with Crippen LogP contribution in [0.2, 0.25) is 0 Å². The molecule has 266 valence electrons. The summed E-state index contributed by atoms with van der Waals surface area (Å²) in [5.41, 5.74) is 8.88. The van der Waals surface area contributed by atoms with Gasteiger partial charge in [0.05, 0.1) is 11.0 Å². The van der Waals surface area contributed by atoms with Crippen LogP contribution in [0.4, 0.5) is 0 Å². The Balaban J connectivity index is 1.05. The van der Waals surface area contributed by atoms with Gasteiger partial charge in [-0.1, -0.05) is 140 Å². The maximum atomic E-state index is 5.25. The first-order chi connectivity index (χ1) is 28.2. The molecular weight excluding hydrogens is 733 g/mol. The minimum atomic E-state index is 0.659. The molecule has 0 saturated heterocycles. The second-order valence-corrected chi connectivity index (χ2v) is 16.5. The van der Waals surface area contributed by atoms with Gasteiger partial charge in [-0.2, -0.15) is 0 Å². The Kier molecular flexibility index (Phi) is 7.24. The second kappa shape index (κ2) is 12.8. The Morgan fingerprint density at radius 1 is 0.351 bits per heavy atom. The van der Waals surface area contributed by atoms with Crippen LogP contribution in [-0.4, -0.2) is 19.5 Å². The highest BCUT2D eigenvalue weighted by atomic mass is 32.1. The topological polar surface area (TPSA) is 43.6 Å². The predicted octanol–water partition coefficient (Wildman–Crippen LogP) is 14.4. The van der Waals surface area contributed by atoms with E-state index < -0.39 is 0 Å². The molecule has 4 nitrogen and oxygen atoms in total. The first-order valence-electron chi connectivity index (χ1n) is 19.0. The quantitative estimate of drug-likeness (QED) is 0.175. The zero-order valence-electron chi connectivity index (χ0n) is 30.4. The van der Waals surface area contributed by atoms with E-state index in [-0.39, 0.29) is 0 Å². The van der Waals surface area contributed by atoms with Crippen molar-refractivity contribution < 1.29 is 0 Å². The van der Waals surface area contributed by atoms with E-state index in [0.29, 0.717) is 17.5 Å². The van der Waals surface area contributed by atoms with E-state index in [0.717, 1.165) is 27.8 Å². The lowest BCUT2D eigenvalue weighted by Crippen LogP contribution is -2.00. The van der Waals surface area contributed by atoms with Crippen LogP contribution < -0.4 is 0 Å². The first-order valence-corrected chi connectivity index (χ1v) is 20.7. The van der Waals surface area contributed by atoms with E-state index in [1.165, 1.54) is 67.9 Å². The van der Waals surface area contributed by atoms with Crippen LogP contribution in [0, 0.1) is 0 Å². The molecule has 0 saturated carbocycles. The molecule has 0 amide bonds. The normalized spacial score (nSPS) is 11.9. The van der Waals surface area contributed by atoms with Gasteiger partial charge in [0.1, 0.15) is 0 Å². The molecule has 12 aromatic rings. The highest BCUT2D eigenvalue weighted by molar-refractivity contribution is 7.26. The largest absolute Gasteiger partial charge is 0.309 e. The zero-order valence-corrected chi connectivity index (χ0v) is 32.1. The zero-order chi connectivity index (χ0) is 37.5. The Morgan fingerprint density at radius 2 is 0.965 bits per heavy atom. The van der Waals surface area contributed by atoms with Gasteiger partial charge in [0, 0.05) is 73.5 Å². The molecule has 0 N–H and O–H groups in total. The van der Waals surface area contributed by atoms with Gasteiger partial charge in [0.2, 0.25) is 0 Å². The van der Waals surface area contributed by atoms with Gasteiger partial charge in [0.25, 0.3) is 0 Å². The van der Waals surface area contributed by atoms with Crippen molar-refractivity contribution in [2.45, 2.75) is 0 Å². The molecule has 8 aromatic carbocycles. The van der Waals surface area contributed by atoms with Crippen molar-refractivity contribution in [1.29, 1.82) is 0 Å². The van der Waals surface area contributed by atoms with Gasteiger partial charge in [-0.3, -0.25) is 0 Å². The molecule has 4 aromatic heterocycles. The van der Waals surface area contributed by atoms with Crippen LogP contribution in [0.3, 0.4) is 0 Å². The second-order valence-electron chi connectivity index (χ2n) is 14.4. The molecule has 0 aliphatic carbocycles. The summed E-state index contributed by atoms with van der Waals surface area (Å²) in [6.45, 7) is 0. The van der Waals surface area contributed by atoms with E-state index in [1.807, 2.05) is 29.5 Å². The van der Waals surface area contributed by atoms with Crippen LogP contribution in [0.1, 0.15) is 0 Å². The number of nitrogens with zero attached hydrogens (tertiary/aromatic N) is 4. The van der Waals surface area contributed by atoms with E-state index in [9.17, 15) is 0 Å². The summed E-state index contributed by atoms with van der Waals surface area (Å²) in [7, 11) is 0. The van der Waals surface area contributed by atoms with Crippen molar-refractivity contribution in [2.75, 3.05) is 0 Å². The third-order valence-electron chi connectivity index (χ3n) is 11.1. The number of hydrogen-bond donors (Lipinski definition) is 0. The summed E-state index contributed by atoms with van der Waals surface area (Å²) in [4.78, 5) is 15.5. The molecule has 6 heteroatoms. The van der Waals surface area contributed by atoms with Gasteiger partial charge in [-0.05, 0) is 53.6 Å². The number of rotatable bonds is 5. The molecule has 0 spiro atoms. The Morgan fingerprint density at radius 3 is 1.84 bits per heavy atom. The lowest BCUT2D eigenvalue weighted by molar-refractivity contribution is 1.08. The minimum absolute atomic E-state index is 0.659. The number of benzene rings is 8. The van der Waals surface area contributed by atoms with E-state index >= 15 is 0 Å². The maximum Gasteiger partial charge on any atom is 0.164 e. The molecule has 57 heavy (non-hydrogen) atoms. The highest BCUT2D eigenvalue weighted by Gasteiger charge is 2.20. The summed E-state index contributed by atoms with van der Waals surface area (Å²) >= 11 is 3.64. The fourth-order valence-corrected chi connectivity index (χ4v) is 10.9. The number of thiophene rings is 2. The molecule has 0 radical (unpaired) electrons. The number of hydrogen-bond acceptors (Lipinski definition) is 5. The summed E-state index contributed by atoms with van der Waals surface area (Å²) in [6.07, 6.45) is 0. The summed E-state index contributed by atoms with van der Waals surface area (Å²) < 4.78 is 7.33. The minimum Gasteiger partial charge on any atom is -0.309 e. The standard InChI is InChI=1S/C51H30N4S2/c1-3-13-31(14-4-1)49-52-50(33-26-28-39-38-18-8-10-23-44(38)56-46(39)30-33)54-51(53-49)41-21-12-24-45-47(41)40-20-11-19-35(48(40)57-45)32-25-27-37-36-17-7-9-22-42(36)55(43(37)29-32)34-15-5-2-6-16-34/h1-30H. The fourth-order valence-electron chi connectivity index (χ4n) is 8.46. The SMILES string of the molecule is c1ccc(-c2nc(-c3ccc4c(c3)sc3ccccc34)nc(-c3cccc4sc5c(-c6ccc7c8ccccc8n(-c8ccccc8)c7c6)cccc5c34)n2)cc1. The third kappa shape index (κ3) is 5.15. The maximum absolute atomic E-state index is 5.25. The predicted molar refractivity (Wildman–Crippen MR) is 242 cm³/mol. The molecule has 0 bridgehead atoms. The number of fused-ring (bicyclic) bond motifs is 9. The number of aromatic nitrogens is 4. The molecule has 0 atom stereocenters. The number of para-hydroxylation sites is 2. The average molecular weight is 763 g/mol. The first kappa shape index (κ1) is 32.3. The van der Waals surface area contributed by atoms with Crippen LogP contribution >= 0.6 is 22.7 Å². The smallest absolute Gasteiger partial charge is 0.164 e. The van der Waals surface area contributed by atoms with Gasteiger partial charge < -0.3 is 4.57 Å². The van der Waals surface area contributed by atoms with Crippen LogP contribution in [0.15, 0.2) is 182 Å².